The Morgan fingerprint density at radius 1 is 1.03 bits per heavy atom. The van der Waals surface area contributed by atoms with Crippen molar-refractivity contribution in [3.63, 3.8) is 0 Å². The Labute approximate surface area is 178 Å². The van der Waals surface area contributed by atoms with Crippen LogP contribution >= 0.6 is 0 Å². The number of carbonyl (C=O) groups is 2. The SMILES string of the molecule is O=C(COc1ccc2ccccc2c1)NC[C@H]1CN(c2ccc3c(c2)OCO3)C(=O)O1. The highest BCUT2D eigenvalue weighted by Gasteiger charge is 2.33. The van der Waals surface area contributed by atoms with E-state index in [9.17, 15) is 9.59 Å². The molecule has 5 rings (SSSR count). The number of carbonyl (C=O) groups excluding carboxylic acids is 2. The van der Waals surface area contributed by atoms with E-state index in [-0.39, 0.29) is 25.9 Å². The molecule has 0 bridgehead atoms. The number of anilines is 1. The standard InChI is InChI=1S/C23H20N2O6/c26-22(13-28-18-7-5-15-3-1-2-4-16(15)9-18)24-11-19-12-25(23(27)31-19)17-6-8-20-21(10-17)30-14-29-20/h1-10,19H,11-14H2,(H,24,26)/t19-/m0/s1. The second kappa shape index (κ2) is 8.06. The van der Waals surface area contributed by atoms with E-state index in [4.69, 9.17) is 18.9 Å². The Balaban J connectivity index is 1.12. The highest BCUT2D eigenvalue weighted by Crippen LogP contribution is 2.36. The van der Waals surface area contributed by atoms with Gasteiger partial charge in [-0.05, 0) is 35.0 Å². The lowest BCUT2D eigenvalue weighted by molar-refractivity contribution is -0.123. The topological polar surface area (TPSA) is 86.3 Å². The summed E-state index contributed by atoms with van der Waals surface area (Å²) in [5.74, 6) is 1.57. The average Bonchev–Trinajstić information content (AvgIpc) is 3.41. The van der Waals surface area contributed by atoms with E-state index in [1.807, 2.05) is 42.5 Å². The quantitative estimate of drug-likeness (QED) is 0.660. The van der Waals surface area contributed by atoms with Gasteiger partial charge in [0.2, 0.25) is 6.79 Å². The molecule has 0 saturated carbocycles. The molecule has 3 aromatic rings. The van der Waals surface area contributed by atoms with E-state index in [1.54, 1.807) is 18.2 Å². The van der Waals surface area contributed by atoms with Gasteiger partial charge in [0, 0.05) is 6.07 Å². The summed E-state index contributed by atoms with van der Waals surface area (Å²) >= 11 is 0. The van der Waals surface area contributed by atoms with Crippen molar-refractivity contribution in [1.29, 1.82) is 0 Å². The van der Waals surface area contributed by atoms with Crippen LogP contribution in [0, 0.1) is 0 Å². The molecule has 2 heterocycles. The van der Waals surface area contributed by atoms with Crippen molar-refractivity contribution in [1.82, 2.24) is 5.32 Å². The largest absolute Gasteiger partial charge is 0.484 e. The number of nitrogens with zero attached hydrogens (tertiary/aromatic N) is 1. The lowest BCUT2D eigenvalue weighted by Crippen LogP contribution is -2.37. The van der Waals surface area contributed by atoms with Crippen LogP contribution in [0.5, 0.6) is 17.2 Å². The lowest BCUT2D eigenvalue weighted by Gasteiger charge is -2.13. The Bertz CT molecular complexity index is 1150. The zero-order valence-electron chi connectivity index (χ0n) is 16.6. The summed E-state index contributed by atoms with van der Waals surface area (Å²) in [4.78, 5) is 25.9. The molecule has 1 atom stereocenters. The molecule has 0 unspecified atom stereocenters. The second-order valence-electron chi connectivity index (χ2n) is 7.26. The molecule has 0 aromatic heterocycles. The van der Waals surface area contributed by atoms with E-state index < -0.39 is 12.2 Å². The van der Waals surface area contributed by atoms with Crippen molar-refractivity contribution in [3.8, 4) is 17.2 Å². The number of nitrogens with one attached hydrogen (secondary N) is 1. The molecule has 2 aliphatic heterocycles. The van der Waals surface area contributed by atoms with Gasteiger partial charge in [0.25, 0.3) is 5.91 Å². The van der Waals surface area contributed by atoms with Gasteiger partial charge in [-0.2, -0.15) is 0 Å². The third-order valence-electron chi connectivity index (χ3n) is 5.16. The third-order valence-corrected chi connectivity index (χ3v) is 5.16. The van der Waals surface area contributed by atoms with Crippen molar-refractivity contribution in [2.45, 2.75) is 6.10 Å². The molecule has 31 heavy (non-hydrogen) atoms. The molecule has 1 N–H and O–H groups in total. The van der Waals surface area contributed by atoms with Gasteiger partial charge < -0.3 is 24.3 Å². The van der Waals surface area contributed by atoms with Gasteiger partial charge in [0.1, 0.15) is 11.9 Å². The molecule has 2 aliphatic rings. The number of hydrogen-bond acceptors (Lipinski definition) is 6. The Morgan fingerprint density at radius 2 is 1.87 bits per heavy atom. The van der Waals surface area contributed by atoms with Crippen LogP contribution in [0.25, 0.3) is 10.8 Å². The van der Waals surface area contributed by atoms with Crippen LogP contribution in [-0.4, -0.2) is 44.6 Å². The maximum Gasteiger partial charge on any atom is 0.414 e. The summed E-state index contributed by atoms with van der Waals surface area (Å²) in [6.45, 7) is 0.570. The van der Waals surface area contributed by atoms with Crippen LogP contribution in [0.15, 0.2) is 60.7 Å². The highest BCUT2D eigenvalue weighted by atomic mass is 16.7. The van der Waals surface area contributed by atoms with Crippen LogP contribution in [0.2, 0.25) is 0 Å². The van der Waals surface area contributed by atoms with E-state index in [2.05, 4.69) is 5.32 Å². The molecular formula is C23H20N2O6. The van der Waals surface area contributed by atoms with Gasteiger partial charge in [-0.15, -0.1) is 0 Å². The molecular weight excluding hydrogens is 400 g/mol. The first kappa shape index (κ1) is 19.0. The van der Waals surface area contributed by atoms with Gasteiger partial charge in [0.15, 0.2) is 18.1 Å². The number of ether oxygens (including phenoxy) is 4. The second-order valence-corrected chi connectivity index (χ2v) is 7.26. The van der Waals surface area contributed by atoms with Crippen molar-refractivity contribution < 1.29 is 28.5 Å². The summed E-state index contributed by atoms with van der Waals surface area (Å²) in [6, 6.07) is 18.9. The zero-order chi connectivity index (χ0) is 21.2. The van der Waals surface area contributed by atoms with E-state index in [0.717, 1.165) is 10.8 Å². The molecule has 2 amide bonds. The van der Waals surface area contributed by atoms with Crippen LogP contribution in [-0.2, 0) is 9.53 Å². The molecule has 8 nitrogen and oxygen atoms in total. The molecule has 1 fully saturated rings. The van der Waals surface area contributed by atoms with Crippen LogP contribution < -0.4 is 24.4 Å². The maximum atomic E-state index is 12.2. The predicted octanol–water partition coefficient (Wildman–Crippen LogP) is 3.09. The maximum absolute atomic E-state index is 12.2. The Morgan fingerprint density at radius 3 is 2.77 bits per heavy atom. The van der Waals surface area contributed by atoms with Crippen molar-refractivity contribution >= 4 is 28.5 Å². The zero-order valence-corrected chi connectivity index (χ0v) is 16.6. The average molecular weight is 420 g/mol. The van der Waals surface area contributed by atoms with Crippen molar-refractivity contribution in [2.24, 2.45) is 0 Å². The summed E-state index contributed by atoms with van der Waals surface area (Å²) in [6.07, 6.45) is -0.923. The van der Waals surface area contributed by atoms with Gasteiger partial charge in [0.05, 0.1) is 18.8 Å². The number of fused-ring (bicyclic) bond motifs is 2. The van der Waals surface area contributed by atoms with E-state index in [1.165, 1.54) is 4.90 Å². The van der Waals surface area contributed by atoms with E-state index >= 15 is 0 Å². The predicted molar refractivity (Wildman–Crippen MR) is 113 cm³/mol. The fourth-order valence-corrected chi connectivity index (χ4v) is 3.58. The van der Waals surface area contributed by atoms with Crippen LogP contribution in [0.1, 0.15) is 0 Å². The Kier molecular flexibility index (Phi) is 4.95. The fourth-order valence-electron chi connectivity index (χ4n) is 3.58. The summed E-state index contributed by atoms with van der Waals surface area (Å²) < 4.78 is 21.6. The van der Waals surface area contributed by atoms with Crippen molar-refractivity contribution in [2.75, 3.05) is 31.4 Å². The summed E-state index contributed by atoms with van der Waals surface area (Å²) in [5.41, 5.74) is 0.655. The first-order valence-electron chi connectivity index (χ1n) is 9.92. The van der Waals surface area contributed by atoms with Crippen LogP contribution in [0.4, 0.5) is 10.5 Å². The van der Waals surface area contributed by atoms with Gasteiger partial charge in [-0.25, -0.2) is 4.79 Å². The first-order valence-corrected chi connectivity index (χ1v) is 9.92. The van der Waals surface area contributed by atoms with Crippen LogP contribution in [0.3, 0.4) is 0 Å². The lowest BCUT2D eigenvalue weighted by atomic mass is 10.1. The van der Waals surface area contributed by atoms with Crippen molar-refractivity contribution in [3.05, 3.63) is 60.7 Å². The monoisotopic (exact) mass is 420 g/mol. The minimum absolute atomic E-state index is 0.120. The molecule has 0 radical (unpaired) electrons. The number of rotatable bonds is 6. The summed E-state index contributed by atoms with van der Waals surface area (Å²) in [7, 11) is 0. The Hall–Kier alpha value is -3.94. The molecule has 1 saturated heterocycles. The molecule has 3 aromatic carbocycles. The minimum Gasteiger partial charge on any atom is -0.484 e. The number of benzene rings is 3. The molecule has 8 heteroatoms. The van der Waals surface area contributed by atoms with Gasteiger partial charge >= 0.3 is 6.09 Å². The summed E-state index contributed by atoms with van der Waals surface area (Å²) in [5, 5.41) is 4.90. The molecule has 158 valence electrons. The van der Waals surface area contributed by atoms with Gasteiger partial charge in [-0.1, -0.05) is 30.3 Å². The minimum atomic E-state index is -0.467. The third kappa shape index (κ3) is 4.05. The number of hydrogen-bond donors (Lipinski definition) is 1. The smallest absolute Gasteiger partial charge is 0.414 e. The molecule has 0 spiro atoms. The van der Waals surface area contributed by atoms with Gasteiger partial charge in [-0.3, -0.25) is 9.69 Å². The van der Waals surface area contributed by atoms with E-state index in [0.29, 0.717) is 29.5 Å². The first-order chi connectivity index (χ1) is 15.2. The normalized spacial score (nSPS) is 17.0. The fraction of sp³-hybridized carbons (Fsp3) is 0.217. The highest BCUT2D eigenvalue weighted by molar-refractivity contribution is 5.90. The number of cyclic esters (lactones) is 1. The molecule has 0 aliphatic carbocycles. The number of amides is 2.